The van der Waals surface area contributed by atoms with Gasteiger partial charge in [-0.2, -0.15) is 5.26 Å². The monoisotopic (exact) mass is 190 g/mol. The number of rotatable bonds is 3. The first-order chi connectivity index (χ1) is 6.62. The minimum Gasteiger partial charge on any atom is -0.356 e. The molecule has 0 spiro atoms. The van der Waals surface area contributed by atoms with Crippen molar-refractivity contribution in [2.45, 2.75) is 26.2 Å². The number of nitrogens with one attached hydrogen (secondary N) is 1. The molecule has 1 rings (SSSR count). The van der Waals surface area contributed by atoms with Crippen LogP contribution in [-0.4, -0.2) is 12.5 Å². The molecule has 0 radical (unpaired) electrons. The van der Waals surface area contributed by atoms with Gasteiger partial charge in [0.2, 0.25) is 5.91 Å². The van der Waals surface area contributed by atoms with E-state index in [9.17, 15) is 4.79 Å². The molecule has 1 aliphatic rings. The van der Waals surface area contributed by atoms with Gasteiger partial charge in [-0.05, 0) is 13.3 Å². The van der Waals surface area contributed by atoms with Crippen molar-refractivity contribution in [3.05, 3.63) is 0 Å². The average Bonchev–Trinajstić information content (AvgIpc) is 2.62. The summed E-state index contributed by atoms with van der Waals surface area (Å²) < 4.78 is 0. The number of carbonyl (C=O) groups is 1. The quantitative estimate of drug-likeness (QED) is 0.677. The maximum absolute atomic E-state index is 11.0. The van der Waals surface area contributed by atoms with Crippen LogP contribution in [0, 0.1) is 35.0 Å². The van der Waals surface area contributed by atoms with Crippen LogP contribution in [0.1, 0.15) is 26.2 Å². The van der Waals surface area contributed by atoms with E-state index >= 15 is 0 Å². The van der Waals surface area contributed by atoms with Crippen molar-refractivity contribution in [2.75, 3.05) is 6.54 Å². The first-order valence-corrected chi connectivity index (χ1v) is 4.74. The van der Waals surface area contributed by atoms with Gasteiger partial charge in [0.1, 0.15) is 0 Å². The molecule has 2 atom stereocenters. The summed E-state index contributed by atoms with van der Waals surface area (Å²) in [6.07, 6.45) is 7.08. The Bertz CT molecular complexity index is 310. The van der Waals surface area contributed by atoms with Crippen LogP contribution in [0.25, 0.3) is 0 Å². The molecule has 1 N–H and O–H groups in total. The van der Waals surface area contributed by atoms with Crippen LogP contribution in [0.15, 0.2) is 0 Å². The predicted octanol–water partition coefficient (Wildman–Crippen LogP) is 1.07. The highest BCUT2D eigenvalue weighted by Gasteiger charge is 2.37. The highest BCUT2D eigenvalue weighted by atomic mass is 16.1. The second kappa shape index (κ2) is 4.15. The second-order valence-electron chi connectivity index (χ2n) is 3.93. The maximum Gasteiger partial charge on any atom is 0.220 e. The lowest BCUT2D eigenvalue weighted by Crippen LogP contribution is -2.27. The Hall–Kier alpha value is -1.48. The molecule has 3 heteroatoms. The molecule has 0 bridgehead atoms. The van der Waals surface area contributed by atoms with Crippen LogP contribution in [-0.2, 0) is 4.79 Å². The lowest BCUT2D eigenvalue weighted by molar-refractivity contribution is -0.119. The van der Waals surface area contributed by atoms with E-state index in [1.165, 1.54) is 0 Å². The molecule has 1 heterocycles. The third-order valence-electron chi connectivity index (χ3n) is 2.96. The summed E-state index contributed by atoms with van der Waals surface area (Å²) in [5.41, 5.74) is -0.325. The number of terminal acetylenes is 1. The van der Waals surface area contributed by atoms with E-state index in [1.54, 1.807) is 0 Å². The topological polar surface area (TPSA) is 52.9 Å². The molecule has 1 aliphatic heterocycles. The van der Waals surface area contributed by atoms with Gasteiger partial charge in [0, 0.05) is 30.7 Å². The Morgan fingerprint density at radius 3 is 2.93 bits per heavy atom. The molecule has 0 aromatic heterocycles. The summed E-state index contributed by atoms with van der Waals surface area (Å²) in [4.78, 5) is 11.0. The van der Waals surface area contributed by atoms with Crippen LogP contribution in [0.2, 0.25) is 0 Å². The van der Waals surface area contributed by atoms with E-state index in [0.29, 0.717) is 25.8 Å². The largest absolute Gasteiger partial charge is 0.356 e. The number of nitrogens with zero attached hydrogens (tertiary/aromatic N) is 1. The van der Waals surface area contributed by atoms with Gasteiger partial charge in [-0.15, -0.1) is 6.42 Å². The SMILES string of the molecule is C#C[C@](C)(CCC#N)[C@@H]1CNC(=O)C1. The van der Waals surface area contributed by atoms with Gasteiger partial charge in [0.15, 0.2) is 0 Å². The Labute approximate surface area is 84.5 Å². The third-order valence-corrected chi connectivity index (χ3v) is 2.96. The summed E-state index contributed by atoms with van der Waals surface area (Å²) in [6.45, 7) is 2.60. The highest BCUT2D eigenvalue weighted by Crippen LogP contribution is 2.35. The van der Waals surface area contributed by atoms with E-state index in [2.05, 4.69) is 17.3 Å². The zero-order chi connectivity index (χ0) is 10.6. The van der Waals surface area contributed by atoms with Crippen molar-refractivity contribution in [3.8, 4) is 18.4 Å². The van der Waals surface area contributed by atoms with E-state index in [1.807, 2.05) is 6.92 Å². The van der Waals surface area contributed by atoms with Crippen molar-refractivity contribution < 1.29 is 4.79 Å². The van der Waals surface area contributed by atoms with Gasteiger partial charge in [0.05, 0.1) is 6.07 Å². The van der Waals surface area contributed by atoms with Gasteiger partial charge in [-0.25, -0.2) is 0 Å². The molecule has 0 aromatic rings. The Kier molecular flexibility index (Phi) is 3.14. The van der Waals surface area contributed by atoms with Crippen LogP contribution in [0.4, 0.5) is 0 Å². The standard InChI is InChI=1S/C11H14N2O/c1-3-11(2,5-4-6-12)9-7-10(14)13-8-9/h1,9H,4-5,7-8H2,2H3,(H,13,14)/t9-,11+/m0/s1. The molecule has 74 valence electrons. The lowest BCUT2D eigenvalue weighted by Gasteiger charge is -2.28. The zero-order valence-electron chi connectivity index (χ0n) is 8.34. The second-order valence-corrected chi connectivity index (χ2v) is 3.93. The van der Waals surface area contributed by atoms with Crippen molar-refractivity contribution in [2.24, 2.45) is 11.3 Å². The van der Waals surface area contributed by atoms with Gasteiger partial charge in [0.25, 0.3) is 0 Å². The Morgan fingerprint density at radius 2 is 2.50 bits per heavy atom. The molecule has 3 nitrogen and oxygen atoms in total. The van der Waals surface area contributed by atoms with Gasteiger partial charge in [-0.3, -0.25) is 4.79 Å². The van der Waals surface area contributed by atoms with E-state index < -0.39 is 0 Å². The average molecular weight is 190 g/mol. The maximum atomic E-state index is 11.0. The first-order valence-electron chi connectivity index (χ1n) is 4.74. The highest BCUT2D eigenvalue weighted by molar-refractivity contribution is 5.78. The normalized spacial score (nSPS) is 24.5. The molecular formula is C11H14N2O. The van der Waals surface area contributed by atoms with E-state index in [4.69, 9.17) is 11.7 Å². The number of hydrogen-bond acceptors (Lipinski definition) is 2. The number of hydrogen-bond donors (Lipinski definition) is 1. The molecule has 0 unspecified atom stereocenters. The third kappa shape index (κ3) is 2.06. The number of carbonyl (C=O) groups excluding carboxylic acids is 1. The molecule has 1 amide bonds. The summed E-state index contributed by atoms with van der Waals surface area (Å²) in [7, 11) is 0. The molecule has 0 saturated carbocycles. The summed E-state index contributed by atoms with van der Waals surface area (Å²) in [5, 5.41) is 11.3. The van der Waals surface area contributed by atoms with Crippen molar-refractivity contribution >= 4 is 5.91 Å². The summed E-state index contributed by atoms with van der Waals surface area (Å²) in [5.74, 6) is 2.97. The van der Waals surface area contributed by atoms with Crippen LogP contribution >= 0.6 is 0 Å². The van der Waals surface area contributed by atoms with Gasteiger partial charge in [-0.1, -0.05) is 5.92 Å². The zero-order valence-corrected chi connectivity index (χ0v) is 8.34. The Balaban J connectivity index is 2.66. The summed E-state index contributed by atoms with van der Waals surface area (Å²) in [6, 6.07) is 2.09. The molecule has 14 heavy (non-hydrogen) atoms. The smallest absolute Gasteiger partial charge is 0.220 e. The van der Waals surface area contributed by atoms with Crippen LogP contribution < -0.4 is 5.32 Å². The molecular weight excluding hydrogens is 176 g/mol. The van der Waals surface area contributed by atoms with Crippen molar-refractivity contribution in [3.63, 3.8) is 0 Å². The van der Waals surface area contributed by atoms with Crippen LogP contribution in [0.5, 0.6) is 0 Å². The van der Waals surface area contributed by atoms with Gasteiger partial charge >= 0.3 is 0 Å². The predicted molar refractivity (Wildman–Crippen MR) is 52.9 cm³/mol. The van der Waals surface area contributed by atoms with E-state index in [0.717, 1.165) is 0 Å². The fourth-order valence-electron chi connectivity index (χ4n) is 1.77. The molecule has 1 saturated heterocycles. The van der Waals surface area contributed by atoms with Crippen molar-refractivity contribution in [1.82, 2.24) is 5.32 Å². The minimum atomic E-state index is -0.325. The summed E-state index contributed by atoms with van der Waals surface area (Å²) >= 11 is 0. The number of amides is 1. The lowest BCUT2D eigenvalue weighted by atomic mass is 9.74. The first kappa shape index (κ1) is 10.6. The number of nitriles is 1. The van der Waals surface area contributed by atoms with Crippen LogP contribution in [0.3, 0.4) is 0 Å². The molecule has 0 aliphatic carbocycles. The van der Waals surface area contributed by atoms with E-state index in [-0.39, 0.29) is 17.2 Å². The van der Waals surface area contributed by atoms with Crippen molar-refractivity contribution in [1.29, 1.82) is 5.26 Å². The molecule has 0 aromatic carbocycles. The molecule has 1 fully saturated rings. The Morgan fingerprint density at radius 1 is 1.79 bits per heavy atom. The van der Waals surface area contributed by atoms with Gasteiger partial charge < -0.3 is 5.32 Å². The minimum absolute atomic E-state index is 0.0634. The fraction of sp³-hybridized carbons (Fsp3) is 0.636. The fourth-order valence-corrected chi connectivity index (χ4v) is 1.77.